The number of methoxy groups -OCH3 is 2. The van der Waals surface area contributed by atoms with Crippen molar-refractivity contribution in [3.05, 3.63) is 62.8 Å². The quantitative estimate of drug-likeness (QED) is 0.472. The van der Waals surface area contributed by atoms with Gasteiger partial charge in [-0.05, 0) is 49.9 Å². The molecule has 31 heavy (non-hydrogen) atoms. The molecule has 0 amide bonds. The van der Waals surface area contributed by atoms with Crippen LogP contribution in [0.3, 0.4) is 0 Å². The lowest BCUT2D eigenvalue weighted by Crippen LogP contribution is -2.29. The van der Waals surface area contributed by atoms with E-state index in [9.17, 15) is 4.79 Å². The van der Waals surface area contributed by atoms with E-state index in [2.05, 4.69) is 49.9 Å². The molecule has 0 N–H and O–H groups in total. The van der Waals surface area contributed by atoms with E-state index in [1.807, 2.05) is 12.1 Å². The Bertz CT molecular complexity index is 1330. The van der Waals surface area contributed by atoms with Gasteiger partial charge in [0.1, 0.15) is 0 Å². The van der Waals surface area contributed by atoms with Crippen molar-refractivity contribution in [3.8, 4) is 11.5 Å². The maximum Gasteiger partial charge on any atom is 0.351 e. The predicted octanol–water partition coefficient (Wildman–Crippen LogP) is 3.99. The van der Waals surface area contributed by atoms with Crippen LogP contribution in [0.5, 0.6) is 11.5 Å². The average molecular weight is 421 g/mol. The largest absolute Gasteiger partial charge is 0.493 e. The lowest BCUT2D eigenvalue weighted by molar-refractivity contribution is 0.355. The van der Waals surface area contributed by atoms with Gasteiger partial charge in [-0.3, -0.25) is 4.57 Å². The van der Waals surface area contributed by atoms with Gasteiger partial charge in [0.25, 0.3) is 0 Å². The Balaban J connectivity index is 2.07. The van der Waals surface area contributed by atoms with E-state index in [0.29, 0.717) is 35.9 Å². The van der Waals surface area contributed by atoms with Crippen molar-refractivity contribution in [2.45, 2.75) is 47.1 Å². The van der Waals surface area contributed by atoms with E-state index in [0.717, 1.165) is 34.0 Å². The van der Waals surface area contributed by atoms with Crippen LogP contribution in [-0.2, 0) is 13.0 Å². The second-order valence-electron chi connectivity index (χ2n) is 7.98. The van der Waals surface area contributed by atoms with Crippen molar-refractivity contribution < 1.29 is 9.47 Å². The fourth-order valence-corrected chi connectivity index (χ4v) is 4.25. The molecule has 0 aliphatic heterocycles. The fraction of sp³-hybridized carbons (Fsp3) is 0.375. The Labute approximate surface area is 181 Å². The number of aromatic nitrogens is 4. The van der Waals surface area contributed by atoms with E-state index >= 15 is 0 Å². The number of hydrogen-bond donors (Lipinski definition) is 0. The molecular formula is C24H28N4O3. The lowest BCUT2D eigenvalue weighted by atomic mass is 9.99. The Morgan fingerprint density at radius 3 is 2.23 bits per heavy atom. The number of nitrogens with zero attached hydrogens (tertiary/aromatic N) is 4. The van der Waals surface area contributed by atoms with Crippen LogP contribution < -0.4 is 15.2 Å². The van der Waals surface area contributed by atoms with Gasteiger partial charge < -0.3 is 9.47 Å². The zero-order valence-corrected chi connectivity index (χ0v) is 18.9. The second-order valence-corrected chi connectivity index (χ2v) is 7.98. The first-order chi connectivity index (χ1) is 14.9. The SMILES string of the molecule is CCCc1nc2c3cc(OC)c(OC)cc3n(Cc3c(C)cc(C)cc3C)c(=O)n2n1. The zero-order chi connectivity index (χ0) is 22.3. The molecule has 0 spiro atoms. The summed E-state index contributed by atoms with van der Waals surface area (Å²) in [6.07, 6.45) is 1.62. The molecule has 0 fully saturated rings. The summed E-state index contributed by atoms with van der Waals surface area (Å²) in [6, 6.07) is 8.01. The zero-order valence-electron chi connectivity index (χ0n) is 18.9. The summed E-state index contributed by atoms with van der Waals surface area (Å²) in [5.74, 6) is 1.82. The topological polar surface area (TPSA) is 70.7 Å². The molecule has 0 aliphatic carbocycles. The van der Waals surface area contributed by atoms with Crippen LogP contribution in [0.2, 0.25) is 0 Å². The molecule has 162 valence electrons. The number of rotatable bonds is 6. The number of ether oxygens (including phenoxy) is 2. The molecule has 2 aromatic heterocycles. The smallest absolute Gasteiger partial charge is 0.351 e. The maximum absolute atomic E-state index is 13.6. The minimum atomic E-state index is -0.219. The molecule has 7 nitrogen and oxygen atoms in total. The van der Waals surface area contributed by atoms with Crippen LogP contribution in [-0.4, -0.2) is 33.4 Å². The van der Waals surface area contributed by atoms with Crippen molar-refractivity contribution in [1.29, 1.82) is 0 Å². The summed E-state index contributed by atoms with van der Waals surface area (Å²) < 4.78 is 14.2. The van der Waals surface area contributed by atoms with Gasteiger partial charge in [-0.25, -0.2) is 9.78 Å². The highest BCUT2D eigenvalue weighted by molar-refractivity contribution is 5.94. The van der Waals surface area contributed by atoms with Crippen molar-refractivity contribution >= 4 is 16.6 Å². The van der Waals surface area contributed by atoms with Gasteiger partial charge in [0.15, 0.2) is 23.0 Å². The second kappa shape index (κ2) is 8.06. The Kier molecular flexibility index (Phi) is 5.43. The number of aryl methyl sites for hydroxylation is 4. The van der Waals surface area contributed by atoms with Gasteiger partial charge in [0, 0.05) is 17.9 Å². The summed E-state index contributed by atoms with van der Waals surface area (Å²) >= 11 is 0. The summed E-state index contributed by atoms with van der Waals surface area (Å²) in [4.78, 5) is 18.2. The van der Waals surface area contributed by atoms with E-state index in [-0.39, 0.29) is 5.69 Å². The first-order valence-corrected chi connectivity index (χ1v) is 10.5. The molecule has 2 aromatic carbocycles. The molecule has 0 atom stereocenters. The summed E-state index contributed by atoms with van der Waals surface area (Å²) in [5, 5.41) is 5.31. The van der Waals surface area contributed by atoms with Crippen molar-refractivity contribution in [3.63, 3.8) is 0 Å². The van der Waals surface area contributed by atoms with Crippen LogP contribution in [0.1, 0.15) is 41.4 Å². The minimum absolute atomic E-state index is 0.219. The standard InChI is InChI=1S/C24H28N4O3/c1-7-8-22-25-23-17-11-20(30-5)21(31-6)12-19(17)27(24(29)28(23)26-22)13-18-15(3)9-14(2)10-16(18)4/h9-12H,7-8,13H2,1-6H3. The highest BCUT2D eigenvalue weighted by Gasteiger charge is 2.19. The third kappa shape index (κ3) is 3.54. The Hall–Kier alpha value is -3.35. The Morgan fingerprint density at radius 2 is 1.61 bits per heavy atom. The molecule has 0 saturated heterocycles. The third-order valence-corrected chi connectivity index (χ3v) is 5.73. The predicted molar refractivity (Wildman–Crippen MR) is 122 cm³/mol. The van der Waals surface area contributed by atoms with Gasteiger partial charge in [-0.1, -0.05) is 24.6 Å². The van der Waals surface area contributed by atoms with E-state index < -0.39 is 0 Å². The van der Waals surface area contributed by atoms with Crippen LogP contribution in [0.25, 0.3) is 16.6 Å². The van der Waals surface area contributed by atoms with E-state index in [1.165, 1.54) is 10.1 Å². The van der Waals surface area contributed by atoms with Crippen LogP contribution in [0.4, 0.5) is 0 Å². The number of benzene rings is 2. The molecule has 2 heterocycles. The van der Waals surface area contributed by atoms with Gasteiger partial charge in [-0.15, -0.1) is 5.10 Å². The molecule has 0 unspecified atom stereocenters. The highest BCUT2D eigenvalue weighted by Crippen LogP contribution is 2.33. The summed E-state index contributed by atoms with van der Waals surface area (Å²) in [5.41, 5.74) is 5.70. The lowest BCUT2D eigenvalue weighted by Gasteiger charge is -2.17. The van der Waals surface area contributed by atoms with Crippen molar-refractivity contribution in [2.75, 3.05) is 14.2 Å². The Morgan fingerprint density at radius 1 is 0.968 bits per heavy atom. The summed E-state index contributed by atoms with van der Waals surface area (Å²) in [7, 11) is 3.19. The van der Waals surface area contributed by atoms with Gasteiger partial charge >= 0.3 is 5.69 Å². The molecule has 0 bridgehead atoms. The average Bonchev–Trinajstić information content (AvgIpc) is 3.16. The minimum Gasteiger partial charge on any atom is -0.493 e. The third-order valence-electron chi connectivity index (χ3n) is 5.73. The molecule has 7 heteroatoms. The van der Waals surface area contributed by atoms with E-state index in [1.54, 1.807) is 18.8 Å². The van der Waals surface area contributed by atoms with E-state index in [4.69, 9.17) is 9.47 Å². The molecule has 4 rings (SSSR count). The first kappa shape index (κ1) is 20.9. The molecular weight excluding hydrogens is 392 g/mol. The molecule has 0 saturated carbocycles. The van der Waals surface area contributed by atoms with Crippen molar-refractivity contribution in [2.24, 2.45) is 0 Å². The molecule has 0 radical (unpaired) electrons. The van der Waals surface area contributed by atoms with Crippen LogP contribution >= 0.6 is 0 Å². The van der Waals surface area contributed by atoms with Gasteiger partial charge in [0.05, 0.1) is 26.3 Å². The molecule has 0 aliphatic rings. The van der Waals surface area contributed by atoms with Gasteiger partial charge in [-0.2, -0.15) is 4.52 Å². The van der Waals surface area contributed by atoms with Crippen LogP contribution in [0, 0.1) is 20.8 Å². The fourth-order valence-electron chi connectivity index (χ4n) is 4.25. The molecule has 4 aromatic rings. The van der Waals surface area contributed by atoms with Crippen molar-refractivity contribution in [1.82, 2.24) is 19.2 Å². The number of hydrogen-bond acceptors (Lipinski definition) is 5. The summed E-state index contributed by atoms with van der Waals surface area (Å²) in [6.45, 7) is 8.75. The normalized spacial score (nSPS) is 11.4. The van der Waals surface area contributed by atoms with Gasteiger partial charge in [0.2, 0.25) is 0 Å². The van der Waals surface area contributed by atoms with Crippen LogP contribution in [0.15, 0.2) is 29.1 Å². The first-order valence-electron chi connectivity index (χ1n) is 10.5. The number of fused-ring (bicyclic) bond motifs is 3. The maximum atomic E-state index is 13.6. The monoisotopic (exact) mass is 420 g/mol. The highest BCUT2D eigenvalue weighted by atomic mass is 16.5.